The van der Waals surface area contributed by atoms with E-state index in [0.717, 1.165) is 19.1 Å². The number of fused-ring (bicyclic) bond motifs is 1. The lowest BCUT2D eigenvalue weighted by atomic mass is 9.66. The van der Waals surface area contributed by atoms with Crippen LogP contribution in [0.25, 0.3) is 0 Å². The van der Waals surface area contributed by atoms with Crippen LogP contribution >= 0.6 is 0 Å². The van der Waals surface area contributed by atoms with Crippen LogP contribution in [0.15, 0.2) is 0 Å². The third-order valence-corrected chi connectivity index (χ3v) is 4.53. The fourth-order valence-electron chi connectivity index (χ4n) is 3.31. The van der Waals surface area contributed by atoms with Crippen LogP contribution in [0.3, 0.4) is 0 Å². The van der Waals surface area contributed by atoms with Crippen LogP contribution in [-0.2, 0) is 24.1 Å². The van der Waals surface area contributed by atoms with Crippen LogP contribution in [0, 0.1) is 11.8 Å². The van der Waals surface area contributed by atoms with E-state index in [1.807, 2.05) is 0 Å². The Kier molecular flexibility index (Phi) is 4.46. The highest BCUT2D eigenvalue weighted by atomic mass is 17.2. The summed E-state index contributed by atoms with van der Waals surface area (Å²) in [5.41, 5.74) is -1.16. The number of methoxy groups -OCH3 is 1. The summed E-state index contributed by atoms with van der Waals surface area (Å²) in [6.07, 6.45) is 4.35. The normalized spacial score (nSPS) is 41.4. The van der Waals surface area contributed by atoms with Crippen molar-refractivity contribution in [2.45, 2.75) is 56.8 Å². The van der Waals surface area contributed by atoms with E-state index in [1.165, 1.54) is 14.0 Å². The molecule has 0 aromatic heterocycles. The maximum atomic E-state index is 11.7. The van der Waals surface area contributed by atoms with Crippen LogP contribution in [0.5, 0.6) is 0 Å². The molecule has 0 bridgehead atoms. The van der Waals surface area contributed by atoms with E-state index in [0.29, 0.717) is 19.3 Å². The molecule has 0 amide bonds. The molecule has 114 valence electrons. The van der Waals surface area contributed by atoms with Gasteiger partial charge in [-0.3, -0.25) is 9.59 Å². The Balaban J connectivity index is 2.25. The molecule has 2 aliphatic rings. The molecule has 0 aromatic rings. The molecule has 6 nitrogen and oxygen atoms in total. The topological polar surface area (TPSA) is 82.1 Å². The number of esters is 1. The monoisotopic (exact) mass is 286 g/mol. The van der Waals surface area contributed by atoms with E-state index < -0.39 is 11.4 Å². The lowest BCUT2D eigenvalue weighted by molar-refractivity contribution is -0.449. The smallest absolute Gasteiger partial charge is 0.305 e. The molecule has 1 N–H and O–H groups in total. The van der Waals surface area contributed by atoms with Gasteiger partial charge in [-0.2, -0.15) is 0 Å². The van der Waals surface area contributed by atoms with Gasteiger partial charge >= 0.3 is 5.97 Å². The molecule has 0 radical (unpaired) electrons. The molecular formula is C14H22O6. The van der Waals surface area contributed by atoms with E-state index in [4.69, 9.17) is 14.5 Å². The van der Waals surface area contributed by atoms with Crippen molar-refractivity contribution in [1.82, 2.24) is 0 Å². The summed E-state index contributed by atoms with van der Waals surface area (Å²) in [5, 5.41) is 9.97. The minimum absolute atomic E-state index is 0.0441. The van der Waals surface area contributed by atoms with Crippen LogP contribution in [-0.4, -0.2) is 35.9 Å². The molecule has 4 atom stereocenters. The van der Waals surface area contributed by atoms with Gasteiger partial charge in [-0.05, 0) is 32.1 Å². The molecular weight excluding hydrogens is 264 g/mol. The Hall–Kier alpha value is -0.980. The quantitative estimate of drug-likeness (QED) is 0.479. The molecule has 1 unspecified atom stereocenters. The Labute approximate surface area is 118 Å². The van der Waals surface area contributed by atoms with E-state index in [9.17, 15) is 14.7 Å². The van der Waals surface area contributed by atoms with Crippen molar-refractivity contribution in [3.63, 3.8) is 0 Å². The molecule has 6 heteroatoms. The number of aldehydes is 1. The largest absolute Gasteiger partial charge is 0.469 e. The highest BCUT2D eigenvalue weighted by Crippen LogP contribution is 2.47. The van der Waals surface area contributed by atoms with Crippen molar-refractivity contribution in [3.8, 4) is 0 Å². The van der Waals surface area contributed by atoms with E-state index >= 15 is 0 Å². The molecule has 2 fully saturated rings. The van der Waals surface area contributed by atoms with Gasteiger partial charge in [0.1, 0.15) is 0 Å². The van der Waals surface area contributed by atoms with Crippen LogP contribution < -0.4 is 0 Å². The average molecular weight is 286 g/mol. The number of ether oxygens (including phenoxy) is 1. The second-order valence-electron chi connectivity index (χ2n) is 5.96. The fraction of sp³-hybridized carbons (Fsp3) is 0.857. The Bertz CT molecular complexity index is 380. The SMILES string of the molecule is COC(=O)C[C@@H]1CCC[C@@H]2CCC(C)(O)OO[C@]21C=O. The van der Waals surface area contributed by atoms with Gasteiger partial charge in [0.2, 0.25) is 0 Å². The van der Waals surface area contributed by atoms with Gasteiger partial charge in [-0.15, -0.1) is 0 Å². The molecule has 20 heavy (non-hydrogen) atoms. The van der Waals surface area contributed by atoms with E-state index in [2.05, 4.69) is 0 Å². The minimum atomic E-state index is -1.40. The van der Waals surface area contributed by atoms with Crippen molar-refractivity contribution in [2.75, 3.05) is 7.11 Å². The summed E-state index contributed by atoms with van der Waals surface area (Å²) in [7, 11) is 1.32. The standard InChI is InChI=1S/C14H22O6/c1-13(17)7-6-10-4-3-5-11(8-12(16)18-2)14(10,9-15)20-19-13/h9-11,17H,3-8H2,1-2H3/t10-,11+,13?,14-/m1/s1. The first kappa shape index (κ1) is 15.4. The summed E-state index contributed by atoms with van der Waals surface area (Å²) < 4.78 is 4.69. The molecule has 1 aliphatic heterocycles. The van der Waals surface area contributed by atoms with Gasteiger partial charge in [0.15, 0.2) is 17.7 Å². The number of aliphatic hydroxyl groups is 1. The highest BCUT2D eigenvalue weighted by molar-refractivity contribution is 5.72. The summed E-state index contributed by atoms with van der Waals surface area (Å²) in [6.45, 7) is 1.51. The first-order chi connectivity index (χ1) is 9.43. The number of hydrogen-bond acceptors (Lipinski definition) is 6. The maximum Gasteiger partial charge on any atom is 0.305 e. The first-order valence-corrected chi connectivity index (χ1v) is 7.06. The molecule has 0 spiro atoms. The molecule has 1 saturated carbocycles. The average Bonchev–Trinajstić information content (AvgIpc) is 2.57. The molecule has 1 saturated heterocycles. The summed E-state index contributed by atoms with van der Waals surface area (Å²) >= 11 is 0. The fourth-order valence-corrected chi connectivity index (χ4v) is 3.31. The Morgan fingerprint density at radius 3 is 2.80 bits per heavy atom. The lowest BCUT2D eigenvalue weighted by Crippen LogP contribution is -2.52. The van der Waals surface area contributed by atoms with Crippen LogP contribution in [0.4, 0.5) is 0 Å². The summed E-state index contributed by atoms with van der Waals surface area (Å²) in [6, 6.07) is 0. The number of carbonyl (C=O) groups excluding carboxylic acids is 2. The second kappa shape index (κ2) is 5.79. The zero-order chi connectivity index (χ0) is 14.8. The van der Waals surface area contributed by atoms with Crippen molar-refractivity contribution in [3.05, 3.63) is 0 Å². The molecule has 2 rings (SSSR count). The third kappa shape index (κ3) is 2.87. The summed E-state index contributed by atoms with van der Waals surface area (Å²) in [5.74, 6) is -2.09. The van der Waals surface area contributed by atoms with Crippen molar-refractivity contribution >= 4 is 12.3 Å². The molecule has 1 aliphatic carbocycles. The second-order valence-corrected chi connectivity index (χ2v) is 5.96. The van der Waals surface area contributed by atoms with Crippen molar-refractivity contribution in [2.24, 2.45) is 11.8 Å². The third-order valence-electron chi connectivity index (χ3n) is 4.53. The maximum absolute atomic E-state index is 11.7. The van der Waals surface area contributed by atoms with Gasteiger partial charge in [-0.1, -0.05) is 6.42 Å². The van der Waals surface area contributed by atoms with Crippen LogP contribution in [0.2, 0.25) is 0 Å². The first-order valence-electron chi connectivity index (χ1n) is 7.06. The zero-order valence-corrected chi connectivity index (χ0v) is 12.0. The van der Waals surface area contributed by atoms with Gasteiger partial charge in [0, 0.05) is 12.3 Å². The van der Waals surface area contributed by atoms with Gasteiger partial charge in [0.25, 0.3) is 0 Å². The Morgan fingerprint density at radius 2 is 2.15 bits per heavy atom. The predicted molar refractivity (Wildman–Crippen MR) is 68.3 cm³/mol. The van der Waals surface area contributed by atoms with Gasteiger partial charge in [0.05, 0.1) is 13.5 Å². The highest BCUT2D eigenvalue weighted by Gasteiger charge is 2.53. The van der Waals surface area contributed by atoms with E-state index in [-0.39, 0.29) is 24.2 Å². The minimum Gasteiger partial charge on any atom is -0.469 e. The number of hydrogen-bond donors (Lipinski definition) is 1. The predicted octanol–water partition coefficient (Wildman–Crippen LogP) is 1.35. The van der Waals surface area contributed by atoms with Crippen LogP contribution in [0.1, 0.15) is 45.4 Å². The van der Waals surface area contributed by atoms with E-state index in [1.54, 1.807) is 0 Å². The molecule has 1 heterocycles. The van der Waals surface area contributed by atoms with Gasteiger partial charge in [-0.25, -0.2) is 9.78 Å². The van der Waals surface area contributed by atoms with Crippen molar-refractivity contribution < 1.29 is 29.2 Å². The van der Waals surface area contributed by atoms with Crippen molar-refractivity contribution in [1.29, 1.82) is 0 Å². The molecule has 0 aromatic carbocycles. The lowest BCUT2D eigenvalue weighted by Gasteiger charge is -2.42. The van der Waals surface area contributed by atoms with Gasteiger partial charge < -0.3 is 9.84 Å². The number of rotatable bonds is 3. The number of carbonyl (C=O) groups is 2. The Morgan fingerprint density at radius 1 is 1.40 bits per heavy atom. The zero-order valence-electron chi connectivity index (χ0n) is 12.0. The summed E-state index contributed by atoms with van der Waals surface area (Å²) in [4.78, 5) is 33.7.